The third-order valence-corrected chi connectivity index (χ3v) is 2.63. The smallest absolute Gasteiger partial charge is 0.138 e. The van der Waals surface area contributed by atoms with E-state index in [4.69, 9.17) is 21.1 Å². The number of fused-ring (bicyclic) bond motifs is 1. The predicted molar refractivity (Wildman–Crippen MR) is 62.1 cm³/mol. The summed E-state index contributed by atoms with van der Waals surface area (Å²) in [5.41, 5.74) is 0. The van der Waals surface area contributed by atoms with Crippen molar-refractivity contribution in [1.29, 1.82) is 0 Å². The summed E-state index contributed by atoms with van der Waals surface area (Å²) in [4.78, 5) is 0. The Kier molecular flexibility index (Phi) is 2.69. The molecule has 0 aliphatic heterocycles. The van der Waals surface area contributed by atoms with Crippen LogP contribution in [0.4, 0.5) is 0 Å². The molecule has 2 aromatic carbocycles. The highest BCUT2D eigenvalue weighted by atomic mass is 35.5. The van der Waals surface area contributed by atoms with E-state index in [9.17, 15) is 0 Å². The Labute approximate surface area is 93.4 Å². The standard InChI is InChI=1S/C12H11ClO2/c1-14-11-5-3-4-8-6-12(15-2)10(13)7-9(8)11/h3-7H,1-2H3. The van der Waals surface area contributed by atoms with E-state index in [1.807, 2.05) is 30.3 Å². The van der Waals surface area contributed by atoms with E-state index in [2.05, 4.69) is 0 Å². The zero-order chi connectivity index (χ0) is 10.8. The van der Waals surface area contributed by atoms with Crippen LogP contribution < -0.4 is 9.47 Å². The van der Waals surface area contributed by atoms with Gasteiger partial charge in [0.2, 0.25) is 0 Å². The summed E-state index contributed by atoms with van der Waals surface area (Å²) in [5.74, 6) is 1.49. The molecule has 0 saturated carbocycles. The number of methoxy groups -OCH3 is 2. The predicted octanol–water partition coefficient (Wildman–Crippen LogP) is 3.51. The van der Waals surface area contributed by atoms with Gasteiger partial charge in [0.1, 0.15) is 11.5 Å². The lowest BCUT2D eigenvalue weighted by Gasteiger charge is -2.08. The first kappa shape index (κ1) is 10.1. The van der Waals surface area contributed by atoms with Crippen LogP contribution in [-0.2, 0) is 0 Å². The summed E-state index contributed by atoms with van der Waals surface area (Å²) < 4.78 is 10.4. The number of rotatable bonds is 2. The maximum absolute atomic E-state index is 6.05. The molecule has 15 heavy (non-hydrogen) atoms. The van der Waals surface area contributed by atoms with E-state index in [0.29, 0.717) is 10.8 Å². The molecule has 0 aliphatic rings. The van der Waals surface area contributed by atoms with E-state index in [1.165, 1.54) is 0 Å². The van der Waals surface area contributed by atoms with E-state index >= 15 is 0 Å². The van der Waals surface area contributed by atoms with Gasteiger partial charge in [-0.2, -0.15) is 0 Å². The molecule has 2 nitrogen and oxygen atoms in total. The van der Waals surface area contributed by atoms with E-state index < -0.39 is 0 Å². The molecule has 0 saturated heterocycles. The summed E-state index contributed by atoms with van der Waals surface area (Å²) >= 11 is 6.05. The Morgan fingerprint density at radius 1 is 1.00 bits per heavy atom. The molecule has 0 atom stereocenters. The van der Waals surface area contributed by atoms with Crippen molar-refractivity contribution >= 4 is 22.4 Å². The maximum Gasteiger partial charge on any atom is 0.138 e. The summed E-state index contributed by atoms with van der Waals surface area (Å²) in [6.07, 6.45) is 0. The van der Waals surface area contributed by atoms with E-state index in [0.717, 1.165) is 16.5 Å². The lowest BCUT2D eigenvalue weighted by atomic mass is 10.1. The number of halogens is 1. The van der Waals surface area contributed by atoms with Gasteiger partial charge in [-0.1, -0.05) is 23.7 Å². The number of ether oxygens (including phenoxy) is 2. The minimum absolute atomic E-state index is 0.592. The molecule has 0 amide bonds. The summed E-state index contributed by atoms with van der Waals surface area (Å²) in [5, 5.41) is 2.64. The maximum atomic E-state index is 6.05. The second kappa shape index (κ2) is 3.99. The Balaban J connectivity index is 2.74. The molecule has 78 valence electrons. The van der Waals surface area contributed by atoms with Crippen molar-refractivity contribution in [3.63, 3.8) is 0 Å². The summed E-state index contributed by atoms with van der Waals surface area (Å²) in [6.45, 7) is 0. The van der Waals surface area contributed by atoms with Crippen LogP contribution in [0.5, 0.6) is 11.5 Å². The van der Waals surface area contributed by atoms with Crippen molar-refractivity contribution in [3.05, 3.63) is 35.4 Å². The molecule has 3 heteroatoms. The summed E-state index contributed by atoms with van der Waals surface area (Å²) in [7, 11) is 3.25. The van der Waals surface area contributed by atoms with Gasteiger partial charge >= 0.3 is 0 Å². The van der Waals surface area contributed by atoms with Crippen LogP contribution in [0.15, 0.2) is 30.3 Å². The number of benzene rings is 2. The molecule has 0 aromatic heterocycles. The van der Waals surface area contributed by atoms with Gasteiger partial charge in [0.25, 0.3) is 0 Å². The Bertz CT molecular complexity index is 494. The van der Waals surface area contributed by atoms with Crippen LogP contribution in [0.3, 0.4) is 0 Å². The normalized spacial score (nSPS) is 10.3. The van der Waals surface area contributed by atoms with Crippen LogP contribution in [0.1, 0.15) is 0 Å². The Hall–Kier alpha value is -1.41. The Morgan fingerprint density at radius 3 is 2.40 bits per heavy atom. The van der Waals surface area contributed by atoms with E-state index in [1.54, 1.807) is 14.2 Å². The molecule has 0 radical (unpaired) electrons. The van der Waals surface area contributed by atoms with Crippen molar-refractivity contribution < 1.29 is 9.47 Å². The minimum Gasteiger partial charge on any atom is -0.496 e. The van der Waals surface area contributed by atoms with Crippen LogP contribution in [0.25, 0.3) is 10.8 Å². The molecular weight excluding hydrogens is 212 g/mol. The van der Waals surface area contributed by atoms with Gasteiger partial charge < -0.3 is 9.47 Å². The van der Waals surface area contributed by atoms with Crippen molar-refractivity contribution in [2.75, 3.05) is 14.2 Å². The molecule has 0 bridgehead atoms. The third kappa shape index (κ3) is 1.73. The van der Waals surface area contributed by atoms with Gasteiger partial charge in [-0.3, -0.25) is 0 Å². The Morgan fingerprint density at radius 2 is 1.73 bits per heavy atom. The average Bonchev–Trinajstić information content (AvgIpc) is 2.27. The molecular formula is C12H11ClO2. The fraction of sp³-hybridized carbons (Fsp3) is 0.167. The molecule has 0 spiro atoms. The second-order valence-corrected chi connectivity index (χ2v) is 3.58. The fourth-order valence-corrected chi connectivity index (χ4v) is 1.82. The number of hydrogen-bond acceptors (Lipinski definition) is 2. The van der Waals surface area contributed by atoms with E-state index in [-0.39, 0.29) is 0 Å². The zero-order valence-corrected chi connectivity index (χ0v) is 9.34. The molecule has 2 aromatic rings. The average molecular weight is 223 g/mol. The molecule has 2 rings (SSSR count). The number of hydrogen-bond donors (Lipinski definition) is 0. The van der Waals surface area contributed by atoms with Gasteiger partial charge in [0.15, 0.2) is 0 Å². The second-order valence-electron chi connectivity index (χ2n) is 3.17. The SMILES string of the molecule is COc1cc2cccc(OC)c2cc1Cl. The molecule has 0 unspecified atom stereocenters. The minimum atomic E-state index is 0.592. The highest BCUT2D eigenvalue weighted by Gasteiger charge is 2.06. The van der Waals surface area contributed by atoms with Gasteiger partial charge in [-0.25, -0.2) is 0 Å². The highest BCUT2D eigenvalue weighted by molar-refractivity contribution is 6.33. The third-order valence-electron chi connectivity index (χ3n) is 2.33. The largest absolute Gasteiger partial charge is 0.496 e. The quantitative estimate of drug-likeness (QED) is 0.774. The van der Waals surface area contributed by atoms with Crippen LogP contribution in [-0.4, -0.2) is 14.2 Å². The molecule has 0 aliphatic carbocycles. The zero-order valence-electron chi connectivity index (χ0n) is 8.58. The van der Waals surface area contributed by atoms with Crippen molar-refractivity contribution in [2.45, 2.75) is 0 Å². The first-order valence-corrected chi connectivity index (χ1v) is 4.94. The van der Waals surface area contributed by atoms with Crippen molar-refractivity contribution in [2.24, 2.45) is 0 Å². The first-order valence-electron chi connectivity index (χ1n) is 4.56. The van der Waals surface area contributed by atoms with Crippen LogP contribution in [0, 0.1) is 0 Å². The van der Waals surface area contributed by atoms with Gasteiger partial charge in [0.05, 0.1) is 19.2 Å². The fourth-order valence-electron chi connectivity index (χ4n) is 1.58. The summed E-state index contributed by atoms with van der Waals surface area (Å²) in [6, 6.07) is 9.60. The van der Waals surface area contributed by atoms with Crippen molar-refractivity contribution in [1.82, 2.24) is 0 Å². The molecule has 0 heterocycles. The van der Waals surface area contributed by atoms with Gasteiger partial charge in [-0.15, -0.1) is 0 Å². The molecule has 0 fully saturated rings. The van der Waals surface area contributed by atoms with Gasteiger partial charge in [-0.05, 0) is 23.6 Å². The molecule has 0 N–H and O–H groups in total. The van der Waals surface area contributed by atoms with Gasteiger partial charge in [0, 0.05) is 5.39 Å². The lowest BCUT2D eigenvalue weighted by Crippen LogP contribution is -1.87. The topological polar surface area (TPSA) is 18.5 Å². The highest BCUT2D eigenvalue weighted by Crippen LogP contribution is 2.34. The van der Waals surface area contributed by atoms with Crippen LogP contribution in [0.2, 0.25) is 5.02 Å². The monoisotopic (exact) mass is 222 g/mol. The van der Waals surface area contributed by atoms with Crippen LogP contribution >= 0.6 is 11.6 Å². The lowest BCUT2D eigenvalue weighted by molar-refractivity contribution is 0.414. The van der Waals surface area contributed by atoms with Crippen molar-refractivity contribution in [3.8, 4) is 11.5 Å². The first-order chi connectivity index (χ1) is 7.26.